The second-order valence-corrected chi connectivity index (χ2v) is 7.64. The van der Waals surface area contributed by atoms with E-state index in [-0.39, 0.29) is 36.6 Å². The second kappa shape index (κ2) is 9.89. The Hall–Kier alpha value is -2.96. The first-order chi connectivity index (χ1) is 15.8. The number of aromatic nitrogens is 3. The van der Waals surface area contributed by atoms with E-state index in [4.69, 9.17) is 20.8 Å². The smallest absolute Gasteiger partial charge is 0.447 e. The molecule has 2 aromatic heterocycles. The van der Waals surface area contributed by atoms with Gasteiger partial charge in [-0.1, -0.05) is 34.9 Å². The first-order valence-corrected chi connectivity index (χ1v) is 10.4. The Morgan fingerprint density at radius 1 is 1.24 bits per heavy atom. The van der Waals surface area contributed by atoms with Crippen molar-refractivity contribution in [2.24, 2.45) is 0 Å². The van der Waals surface area contributed by atoms with Crippen LogP contribution in [0.1, 0.15) is 35.1 Å². The molecule has 0 unspecified atom stereocenters. The minimum atomic E-state index is -4.72. The lowest BCUT2D eigenvalue weighted by Crippen LogP contribution is -2.46. The van der Waals surface area contributed by atoms with Gasteiger partial charge in [-0.05, 0) is 18.9 Å². The van der Waals surface area contributed by atoms with Crippen LogP contribution in [0.3, 0.4) is 0 Å². The van der Waals surface area contributed by atoms with Crippen molar-refractivity contribution in [1.82, 2.24) is 25.8 Å². The maximum absolute atomic E-state index is 12.7. The Kier molecular flexibility index (Phi) is 6.96. The van der Waals surface area contributed by atoms with Crippen molar-refractivity contribution in [2.45, 2.75) is 31.3 Å². The molecule has 9 nitrogen and oxygen atoms in total. The molecule has 2 N–H and O–H groups in total. The second-order valence-electron chi connectivity index (χ2n) is 7.26. The number of hydrogen-bond acceptors (Lipinski definition) is 8. The highest BCUT2D eigenvalue weighted by Crippen LogP contribution is 2.27. The Bertz CT molecular complexity index is 1120. The van der Waals surface area contributed by atoms with Gasteiger partial charge in [0.05, 0.1) is 28.8 Å². The zero-order valence-electron chi connectivity index (χ0n) is 17.1. The SMILES string of the molecule is O=C(N[C@@H]1CC[C@@H](c2nnc(OCCOC(F)(F)F)o2)NC1)c1cnc2ccccc2c1Cl. The molecule has 4 rings (SSSR count). The number of carbonyl (C=O) groups is 1. The predicted octanol–water partition coefficient (Wildman–Crippen LogP) is 3.41. The molecular weight excluding hydrogens is 467 g/mol. The Morgan fingerprint density at radius 2 is 2.06 bits per heavy atom. The summed E-state index contributed by atoms with van der Waals surface area (Å²) in [6.45, 7) is -0.645. The molecule has 0 saturated carbocycles. The Morgan fingerprint density at radius 3 is 2.82 bits per heavy atom. The third-order valence-electron chi connectivity index (χ3n) is 5.00. The van der Waals surface area contributed by atoms with Crippen LogP contribution in [0.25, 0.3) is 10.9 Å². The quantitative estimate of drug-likeness (QED) is 0.490. The van der Waals surface area contributed by atoms with Gasteiger partial charge in [0.25, 0.3) is 5.91 Å². The number of rotatable bonds is 7. The molecule has 1 aliphatic rings. The van der Waals surface area contributed by atoms with E-state index in [0.717, 1.165) is 0 Å². The van der Waals surface area contributed by atoms with E-state index in [2.05, 4.69) is 30.6 Å². The highest BCUT2D eigenvalue weighted by molar-refractivity contribution is 6.38. The summed E-state index contributed by atoms with van der Waals surface area (Å²) in [5, 5.41) is 14.7. The van der Waals surface area contributed by atoms with Crippen LogP contribution in [-0.4, -0.2) is 53.3 Å². The minimum absolute atomic E-state index is 0.158. The highest BCUT2D eigenvalue weighted by Gasteiger charge is 2.29. The van der Waals surface area contributed by atoms with E-state index in [9.17, 15) is 18.0 Å². The van der Waals surface area contributed by atoms with Crippen LogP contribution >= 0.6 is 11.6 Å². The van der Waals surface area contributed by atoms with Crippen LogP contribution in [0.5, 0.6) is 6.08 Å². The van der Waals surface area contributed by atoms with Crippen molar-refractivity contribution >= 4 is 28.4 Å². The molecule has 3 heterocycles. The van der Waals surface area contributed by atoms with Crippen LogP contribution in [-0.2, 0) is 4.74 Å². The summed E-state index contributed by atoms with van der Waals surface area (Å²) in [4.78, 5) is 17.0. The molecule has 1 saturated heterocycles. The van der Waals surface area contributed by atoms with E-state index >= 15 is 0 Å². The van der Waals surface area contributed by atoms with Gasteiger partial charge in [-0.15, -0.1) is 18.3 Å². The number of piperidine rings is 1. The lowest BCUT2D eigenvalue weighted by molar-refractivity contribution is -0.325. The van der Waals surface area contributed by atoms with Crippen LogP contribution in [0.2, 0.25) is 5.02 Å². The van der Waals surface area contributed by atoms with Gasteiger partial charge in [0.2, 0.25) is 5.89 Å². The summed E-state index contributed by atoms with van der Waals surface area (Å²) in [7, 11) is 0. The lowest BCUT2D eigenvalue weighted by Gasteiger charge is -2.28. The van der Waals surface area contributed by atoms with E-state index in [1.807, 2.05) is 18.2 Å². The summed E-state index contributed by atoms with van der Waals surface area (Å²) in [5.74, 6) is -0.0775. The topological polar surface area (TPSA) is 111 Å². The van der Waals surface area contributed by atoms with E-state index in [1.165, 1.54) is 6.20 Å². The molecule has 33 heavy (non-hydrogen) atoms. The summed E-state index contributed by atoms with van der Waals surface area (Å²) in [6.07, 6.45) is -2.31. The number of nitrogens with one attached hydrogen (secondary N) is 2. The molecule has 0 spiro atoms. The lowest BCUT2D eigenvalue weighted by atomic mass is 10.0. The zero-order valence-corrected chi connectivity index (χ0v) is 17.8. The number of halogens is 4. The van der Waals surface area contributed by atoms with Crippen LogP contribution in [0, 0.1) is 0 Å². The van der Waals surface area contributed by atoms with Gasteiger partial charge in [-0.25, -0.2) is 0 Å². The first kappa shape index (κ1) is 23.2. The number of hydrogen-bond donors (Lipinski definition) is 2. The minimum Gasteiger partial charge on any atom is -0.447 e. The Labute approximate surface area is 190 Å². The van der Waals surface area contributed by atoms with Crippen molar-refractivity contribution in [3.63, 3.8) is 0 Å². The number of pyridine rings is 1. The van der Waals surface area contributed by atoms with Gasteiger partial charge < -0.3 is 19.8 Å². The first-order valence-electron chi connectivity index (χ1n) is 10.0. The fraction of sp³-hybridized carbons (Fsp3) is 0.400. The molecule has 0 aliphatic carbocycles. The number of nitrogens with zero attached hydrogens (tertiary/aromatic N) is 3. The average molecular weight is 486 g/mol. The van der Waals surface area contributed by atoms with Gasteiger partial charge in [-0.2, -0.15) is 0 Å². The van der Waals surface area contributed by atoms with Crippen LogP contribution in [0.4, 0.5) is 13.2 Å². The number of carbonyl (C=O) groups excluding carboxylic acids is 1. The molecule has 3 aromatic rings. The van der Waals surface area contributed by atoms with Crippen molar-refractivity contribution in [3.8, 4) is 6.08 Å². The van der Waals surface area contributed by atoms with Gasteiger partial charge in [0.1, 0.15) is 6.61 Å². The fourth-order valence-corrected chi connectivity index (χ4v) is 3.72. The maximum atomic E-state index is 12.7. The van der Waals surface area contributed by atoms with Crippen molar-refractivity contribution in [2.75, 3.05) is 19.8 Å². The largest absolute Gasteiger partial charge is 0.522 e. The molecule has 1 aromatic carbocycles. The van der Waals surface area contributed by atoms with E-state index in [1.54, 1.807) is 6.07 Å². The number of ether oxygens (including phenoxy) is 2. The van der Waals surface area contributed by atoms with Gasteiger partial charge >= 0.3 is 12.4 Å². The molecule has 1 fully saturated rings. The van der Waals surface area contributed by atoms with Crippen molar-refractivity contribution in [1.29, 1.82) is 0 Å². The van der Waals surface area contributed by atoms with Crippen molar-refractivity contribution < 1.29 is 31.9 Å². The normalized spacial score (nSPS) is 18.9. The molecular formula is C20H19ClF3N5O4. The molecule has 13 heteroatoms. The van der Waals surface area contributed by atoms with Crippen molar-refractivity contribution in [3.05, 3.63) is 46.9 Å². The monoisotopic (exact) mass is 485 g/mol. The number of fused-ring (bicyclic) bond motifs is 1. The number of benzene rings is 1. The predicted molar refractivity (Wildman–Crippen MR) is 110 cm³/mol. The average Bonchev–Trinajstić information content (AvgIpc) is 3.26. The molecule has 1 aliphatic heterocycles. The molecule has 2 atom stereocenters. The highest BCUT2D eigenvalue weighted by atomic mass is 35.5. The zero-order chi connectivity index (χ0) is 23.4. The standard InChI is InChI=1S/C20H19ClF3N5O4/c21-16-12-3-1-2-4-14(12)26-10-13(16)17(30)27-11-5-6-15(25-9-11)18-28-29-19(33-18)31-7-8-32-20(22,23)24/h1-4,10-11,15,25H,5-9H2,(H,27,30)/t11-,15+/m1/s1. The molecule has 0 radical (unpaired) electrons. The summed E-state index contributed by atoms with van der Waals surface area (Å²) in [5.41, 5.74) is 1.00. The van der Waals surface area contributed by atoms with Gasteiger partial charge in [-0.3, -0.25) is 14.5 Å². The molecule has 1 amide bonds. The number of amides is 1. The summed E-state index contributed by atoms with van der Waals surface area (Å²) in [6, 6.07) is 6.86. The molecule has 176 valence electrons. The number of para-hydroxylation sites is 1. The maximum Gasteiger partial charge on any atom is 0.522 e. The van der Waals surface area contributed by atoms with E-state index in [0.29, 0.717) is 40.9 Å². The number of alkyl halides is 3. The summed E-state index contributed by atoms with van der Waals surface area (Å²) < 4.78 is 49.7. The van der Waals surface area contributed by atoms with Crippen LogP contribution in [0.15, 0.2) is 34.9 Å². The molecule has 0 bridgehead atoms. The third kappa shape index (κ3) is 5.89. The van der Waals surface area contributed by atoms with E-state index < -0.39 is 13.0 Å². The van der Waals surface area contributed by atoms with Gasteiger partial charge in [0, 0.05) is 24.2 Å². The third-order valence-corrected chi connectivity index (χ3v) is 5.41. The fourth-order valence-electron chi connectivity index (χ4n) is 3.43. The summed E-state index contributed by atoms with van der Waals surface area (Å²) >= 11 is 6.41. The van der Waals surface area contributed by atoms with Crippen LogP contribution < -0.4 is 15.4 Å². The van der Waals surface area contributed by atoms with Gasteiger partial charge in [0.15, 0.2) is 0 Å². The Balaban J connectivity index is 1.27.